The summed E-state index contributed by atoms with van der Waals surface area (Å²) in [6, 6.07) is 15.7. The molecule has 0 atom stereocenters. The number of anilines is 1. The molecule has 1 fully saturated rings. The third-order valence-electron chi connectivity index (χ3n) is 5.73. The predicted octanol–water partition coefficient (Wildman–Crippen LogP) is 4.65. The molecule has 1 saturated heterocycles. The Morgan fingerprint density at radius 3 is 2.44 bits per heavy atom. The Bertz CT molecular complexity index is 1210. The number of carbonyl (C=O) groups excluding carboxylic acids is 1. The fourth-order valence-corrected chi connectivity index (χ4v) is 4.12. The number of hydrogen-bond donors (Lipinski definition) is 0. The van der Waals surface area contributed by atoms with E-state index in [2.05, 4.69) is 9.89 Å². The molecular weight excluding hydrogens is 407 g/mol. The molecule has 32 heavy (non-hydrogen) atoms. The van der Waals surface area contributed by atoms with Gasteiger partial charge in [0.1, 0.15) is 11.6 Å². The fourth-order valence-electron chi connectivity index (χ4n) is 4.12. The number of aliphatic imine (C=N–C) groups is 1. The topological polar surface area (TPSA) is 59.7 Å². The normalized spacial score (nSPS) is 17.6. The molecule has 2 aromatic carbocycles. The first-order valence-corrected chi connectivity index (χ1v) is 10.8. The zero-order valence-electron chi connectivity index (χ0n) is 17.8. The van der Waals surface area contributed by atoms with Gasteiger partial charge in [0, 0.05) is 24.2 Å². The number of benzene rings is 2. The van der Waals surface area contributed by atoms with E-state index >= 15 is 0 Å². The summed E-state index contributed by atoms with van der Waals surface area (Å²) >= 11 is 0. The molecule has 0 amide bonds. The highest BCUT2D eigenvalue weighted by atomic mass is 19.1. The molecule has 0 saturated carbocycles. The first kappa shape index (κ1) is 20.2. The number of aryl methyl sites for hydroxylation is 1. The number of cyclic esters (lactones) is 1. The van der Waals surface area contributed by atoms with E-state index in [9.17, 15) is 9.18 Å². The van der Waals surface area contributed by atoms with Crippen molar-refractivity contribution in [2.24, 2.45) is 4.99 Å². The molecule has 0 aliphatic carbocycles. The quantitative estimate of drug-likeness (QED) is 0.446. The van der Waals surface area contributed by atoms with E-state index in [-0.39, 0.29) is 17.4 Å². The van der Waals surface area contributed by atoms with Crippen LogP contribution in [0.15, 0.2) is 65.3 Å². The van der Waals surface area contributed by atoms with Crippen LogP contribution in [0.4, 0.5) is 10.2 Å². The lowest BCUT2D eigenvalue weighted by molar-refractivity contribution is -0.129. The molecule has 0 spiro atoms. The summed E-state index contributed by atoms with van der Waals surface area (Å²) in [7, 11) is 0. The Morgan fingerprint density at radius 2 is 1.72 bits per heavy atom. The summed E-state index contributed by atoms with van der Waals surface area (Å²) in [5.74, 6) is 0.248. The minimum Gasteiger partial charge on any atom is -0.402 e. The summed E-state index contributed by atoms with van der Waals surface area (Å²) in [6.45, 7) is 3.80. The highest BCUT2D eigenvalue weighted by Crippen LogP contribution is 2.32. The molecule has 2 aliphatic heterocycles. The number of hydrogen-bond acceptors (Lipinski definition) is 5. The Kier molecular flexibility index (Phi) is 5.31. The van der Waals surface area contributed by atoms with Crippen LogP contribution in [-0.2, 0) is 9.53 Å². The van der Waals surface area contributed by atoms with E-state index in [1.54, 1.807) is 18.2 Å². The number of aromatic nitrogens is 2. The van der Waals surface area contributed by atoms with Crippen LogP contribution < -0.4 is 4.90 Å². The van der Waals surface area contributed by atoms with E-state index < -0.39 is 5.97 Å². The zero-order chi connectivity index (χ0) is 22.1. The number of piperidine rings is 1. The maximum atomic E-state index is 13.2. The monoisotopic (exact) mass is 430 g/mol. The molecule has 0 radical (unpaired) electrons. The lowest BCUT2D eigenvalue weighted by atomic mass is 10.1. The van der Waals surface area contributed by atoms with E-state index in [4.69, 9.17) is 9.84 Å². The van der Waals surface area contributed by atoms with Crippen molar-refractivity contribution in [3.63, 3.8) is 0 Å². The second-order valence-corrected chi connectivity index (χ2v) is 7.96. The predicted molar refractivity (Wildman–Crippen MR) is 121 cm³/mol. The summed E-state index contributed by atoms with van der Waals surface area (Å²) in [4.78, 5) is 19.3. The number of rotatable bonds is 4. The molecule has 0 unspecified atom stereocenters. The SMILES string of the molecule is Cc1nn(-c2ccccc2)c(N2CCCCC2)c1/C=C1\N=C(c2ccc(F)cc2)OC1=O. The third kappa shape index (κ3) is 3.82. The first-order chi connectivity index (χ1) is 15.6. The van der Waals surface area contributed by atoms with Gasteiger partial charge in [0.25, 0.3) is 0 Å². The van der Waals surface area contributed by atoms with Gasteiger partial charge in [0.15, 0.2) is 5.70 Å². The van der Waals surface area contributed by atoms with E-state index in [0.717, 1.165) is 48.7 Å². The van der Waals surface area contributed by atoms with Gasteiger partial charge >= 0.3 is 5.97 Å². The Hall–Kier alpha value is -3.74. The Balaban J connectivity index is 1.60. The second-order valence-electron chi connectivity index (χ2n) is 7.96. The van der Waals surface area contributed by atoms with Crippen LogP contribution in [0.1, 0.15) is 36.1 Å². The lowest BCUT2D eigenvalue weighted by Gasteiger charge is -2.29. The van der Waals surface area contributed by atoms with Gasteiger partial charge in [-0.05, 0) is 68.7 Å². The molecule has 0 bridgehead atoms. The summed E-state index contributed by atoms with van der Waals surface area (Å²) in [6.07, 6.45) is 5.20. The van der Waals surface area contributed by atoms with Crippen molar-refractivity contribution < 1.29 is 13.9 Å². The lowest BCUT2D eigenvalue weighted by Crippen LogP contribution is -2.31. The van der Waals surface area contributed by atoms with Gasteiger partial charge in [0.05, 0.1) is 11.4 Å². The van der Waals surface area contributed by atoms with Crippen molar-refractivity contribution in [3.8, 4) is 5.69 Å². The van der Waals surface area contributed by atoms with Crippen molar-refractivity contribution in [1.29, 1.82) is 0 Å². The Morgan fingerprint density at radius 1 is 1.00 bits per heavy atom. The van der Waals surface area contributed by atoms with Crippen LogP contribution in [0.3, 0.4) is 0 Å². The van der Waals surface area contributed by atoms with E-state index in [1.165, 1.54) is 18.6 Å². The third-order valence-corrected chi connectivity index (χ3v) is 5.73. The molecule has 0 N–H and O–H groups in total. The number of esters is 1. The summed E-state index contributed by atoms with van der Waals surface area (Å²) < 4.78 is 20.6. The van der Waals surface area contributed by atoms with Gasteiger partial charge < -0.3 is 9.64 Å². The highest BCUT2D eigenvalue weighted by molar-refractivity contribution is 6.13. The maximum absolute atomic E-state index is 13.2. The van der Waals surface area contributed by atoms with Gasteiger partial charge in [0.2, 0.25) is 5.90 Å². The minimum absolute atomic E-state index is 0.175. The van der Waals surface area contributed by atoms with Crippen molar-refractivity contribution in [2.45, 2.75) is 26.2 Å². The molecule has 5 rings (SSSR count). The maximum Gasteiger partial charge on any atom is 0.363 e. The largest absolute Gasteiger partial charge is 0.402 e. The average Bonchev–Trinajstić information content (AvgIpc) is 3.35. The number of ether oxygens (including phenoxy) is 1. The van der Waals surface area contributed by atoms with Gasteiger partial charge in [-0.1, -0.05) is 18.2 Å². The molecule has 2 aliphatic rings. The van der Waals surface area contributed by atoms with Crippen molar-refractivity contribution in [2.75, 3.05) is 18.0 Å². The van der Waals surface area contributed by atoms with Gasteiger partial charge in [-0.15, -0.1) is 0 Å². The van der Waals surface area contributed by atoms with Crippen LogP contribution in [0.25, 0.3) is 11.8 Å². The molecule has 6 nitrogen and oxygen atoms in total. The number of para-hydroxylation sites is 1. The van der Waals surface area contributed by atoms with Crippen molar-refractivity contribution in [3.05, 3.63) is 82.9 Å². The average molecular weight is 430 g/mol. The second kappa shape index (κ2) is 8.42. The van der Waals surface area contributed by atoms with Gasteiger partial charge in [-0.25, -0.2) is 18.9 Å². The molecule has 3 heterocycles. The molecule has 7 heteroatoms. The fraction of sp³-hybridized carbons (Fsp3) is 0.240. The van der Waals surface area contributed by atoms with Crippen LogP contribution in [0, 0.1) is 12.7 Å². The number of nitrogens with zero attached hydrogens (tertiary/aromatic N) is 4. The number of carbonyl (C=O) groups is 1. The molecule has 162 valence electrons. The van der Waals surface area contributed by atoms with Gasteiger partial charge in [-0.2, -0.15) is 5.10 Å². The van der Waals surface area contributed by atoms with Crippen LogP contribution in [0.5, 0.6) is 0 Å². The zero-order valence-corrected chi connectivity index (χ0v) is 17.8. The van der Waals surface area contributed by atoms with E-state index in [0.29, 0.717) is 5.56 Å². The smallest absolute Gasteiger partial charge is 0.363 e. The summed E-state index contributed by atoms with van der Waals surface area (Å²) in [5.41, 5.74) is 3.38. The minimum atomic E-state index is -0.527. The number of halogens is 1. The van der Waals surface area contributed by atoms with E-state index in [1.807, 2.05) is 41.9 Å². The van der Waals surface area contributed by atoms with Gasteiger partial charge in [-0.3, -0.25) is 0 Å². The molecule has 3 aromatic rings. The van der Waals surface area contributed by atoms with Crippen molar-refractivity contribution in [1.82, 2.24) is 9.78 Å². The first-order valence-electron chi connectivity index (χ1n) is 10.8. The van der Waals surface area contributed by atoms with Crippen molar-refractivity contribution >= 4 is 23.8 Å². The van der Waals surface area contributed by atoms with Crippen LogP contribution in [-0.4, -0.2) is 34.7 Å². The standard InChI is InChI=1S/C25H23FN4O2/c1-17-21(16-22-25(31)32-23(27-22)18-10-12-19(26)13-11-18)24(29-14-6-3-7-15-29)30(28-17)20-8-4-2-5-9-20/h2,4-5,8-13,16H,3,6-7,14-15H2,1H3/b22-16-. The highest BCUT2D eigenvalue weighted by Gasteiger charge is 2.28. The molecule has 1 aromatic heterocycles. The Labute approximate surface area is 185 Å². The molecular formula is C25H23FN4O2. The summed E-state index contributed by atoms with van der Waals surface area (Å²) in [5, 5.41) is 4.80. The van der Waals surface area contributed by atoms with Crippen LogP contribution in [0.2, 0.25) is 0 Å². The van der Waals surface area contributed by atoms with Crippen LogP contribution >= 0.6 is 0 Å².